The minimum absolute atomic E-state index is 0.435. The average molecular weight is 524 g/mol. The molecule has 0 unspecified atom stereocenters. The lowest BCUT2D eigenvalue weighted by Crippen LogP contribution is -2.18. The van der Waals surface area contributed by atoms with Crippen molar-refractivity contribution in [1.29, 1.82) is 0 Å². The molecule has 0 amide bonds. The molecule has 1 aliphatic rings. The highest BCUT2D eigenvalue weighted by molar-refractivity contribution is 6.05. The molecule has 0 bridgehead atoms. The summed E-state index contributed by atoms with van der Waals surface area (Å²) in [6, 6.07) is 28.3. The molecule has 39 heavy (non-hydrogen) atoms. The topological polar surface area (TPSA) is 58.5 Å². The lowest BCUT2D eigenvalue weighted by molar-refractivity contribution is 0.272. The molecule has 0 saturated heterocycles. The second-order valence-corrected chi connectivity index (χ2v) is 9.26. The number of nitrogens with zero attached hydrogens (tertiary/aromatic N) is 1. The number of hydrogen-bond acceptors (Lipinski definition) is 6. The van der Waals surface area contributed by atoms with Crippen LogP contribution in [0.5, 0.6) is 28.7 Å². The van der Waals surface area contributed by atoms with Crippen molar-refractivity contribution in [3.8, 4) is 28.7 Å². The minimum atomic E-state index is 0.435. The van der Waals surface area contributed by atoms with Gasteiger partial charge in [0.05, 0.1) is 21.3 Å². The van der Waals surface area contributed by atoms with E-state index in [1.165, 1.54) is 0 Å². The van der Waals surface area contributed by atoms with Gasteiger partial charge in [-0.05, 0) is 41.3 Å². The molecule has 5 rings (SSSR count). The fraction of sp³-hybridized carbons (Fsp3) is 0.242. The van der Waals surface area contributed by atoms with Gasteiger partial charge in [0.15, 0.2) is 23.0 Å². The maximum Gasteiger partial charge on any atom is 0.203 e. The summed E-state index contributed by atoms with van der Waals surface area (Å²) in [4.78, 5) is 4.90. The van der Waals surface area contributed by atoms with E-state index in [0.717, 1.165) is 39.9 Å². The zero-order valence-electron chi connectivity index (χ0n) is 22.6. The molecule has 6 nitrogen and oxygen atoms in total. The van der Waals surface area contributed by atoms with E-state index in [4.69, 9.17) is 28.7 Å². The highest BCUT2D eigenvalue weighted by atomic mass is 16.5. The molecule has 4 aromatic carbocycles. The molecule has 6 heteroatoms. The van der Waals surface area contributed by atoms with Gasteiger partial charge in [0.25, 0.3) is 0 Å². The number of ether oxygens (including phenoxy) is 5. The highest BCUT2D eigenvalue weighted by Crippen LogP contribution is 2.44. The number of fused-ring (bicyclic) bond motifs is 1. The first kappa shape index (κ1) is 26.2. The van der Waals surface area contributed by atoms with Gasteiger partial charge < -0.3 is 23.7 Å². The van der Waals surface area contributed by atoms with Gasteiger partial charge in [0.1, 0.15) is 13.2 Å². The molecule has 200 valence electrons. The molecule has 0 saturated carbocycles. The summed E-state index contributed by atoms with van der Waals surface area (Å²) >= 11 is 0. The number of benzene rings is 4. The predicted octanol–water partition coefficient (Wildman–Crippen LogP) is 6.46. The quantitative estimate of drug-likeness (QED) is 0.226. The maximum absolute atomic E-state index is 6.37. The Kier molecular flexibility index (Phi) is 8.32. The maximum atomic E-state index is 6.37. The summed E-state index contributed by atoms with van der Waals surface area (Å²) in [7, 11) is 4.95. The smallest absolute Gasteiger partial charge is 0.203 e. The van der Waals surface area contributed by atoms with Gasteiger partial charge in [-0.3, -0.25) is 4.99 Å². The van der Waals surface area contributed by atoms with Crippen LogP contribution in [-0.2, 0) is 26.1 Å². The van der Waals surface area contributed by atoms with Crippen molar-refractivity contribution < 1.29 is 23.7 Å². The van der Waals surface area contributed by atoms with Gasteiger partial charge in [0, 0.05) is 29.8 Å². The van der Waals surface area contributed by atoms with Crippen molar-refractivity contribution in [2.45, 2.75) is 26.1 Å². The molecule has 4 aromatic rings. The van der Waals surface area contributed by atoms with Crippen molar-refractivity contribution >= 4 is 5.71 Å². The standard InChI is InChI=1S/C33H33NO5/c1-35-30-19-25(14-15-29(30)38-21-23-10-6-4-7-11-23)18-28-27-20-31(36-2)33(37-3)32(26(27)16-17-34-28)39-22-24-12-8-5-9-13-24/h4-15,19-20H,16-18,21-22H2,1-3H3. The van der Waals surface area contributed by atoms with Gasteiger partial charge in [0.2, 0.25) is 5.75 Å². The average Bonchev–Trinajstić information content (AvgIpc) is 2.99. The fourth-order valence-electron chi connectivity index (χ4n) is 4.80. The van der Waals surface area contributed by atoms with Crippen LogP contribution < -0.4 is 23.7 Å². The molecular weight excluding hydrogens is 490 g/mol. The number of aliphatic imine (C=N–C) groups is 1. The van der Waals surface area contributed by atoms with Crippen molar-refractivity contribution in [2.24, 2.45) is 4.99 Å². The molecule has 0 N–H and O–H groups in total. The first-order valence-electron chi connectivity index (χ1n) is 13.0. The van der Waals surface area contributed by atoms with E-state index in [9.17, 15) is 0 Å². The van der Waals surface area contributed by atoms with E-state index < -0.39 is 0 Å². The molecule has 0 fully saturated rings. The largest absolute Gasteiger partial charge is 0.493 e. The van der Waals surface area contributed by atoms with Crippen LogP contribution >= 0.6 is 0 Å². The molecule has 0 aliphatic carbocycles. The summed E-state index contributed by atoms with van der Waals surface area (Å²) in [5, 5.41) is 0. The first-order chi connectivity index (χ1) is 19.2. The number of rotatable bonds is 11. The fourth-order valence-corrected chi connectivity index (χ4v) is 4.80. The third-order valence-corrected chi connectivity index (χ3v) is 6.77. The van der Waals surface area contributed by atoms with Crippen LogP contribution in [0.15, 0.2) is 89.9 Å². The van der Waals surface area contributed by atoms with Gasteiger partial charge >= 0.3 is 0 Å². The van der Waals surface area contributed by atoms with E-state index in [2.05, 4.69) is 6.07 Å². The number of hydrogen-bond donors (Lipinski definition) is 0. The predicted molar refractivity (Wildman–Crippen MR) is 153 cm³/mol. The Bertz CT molecular complexity index is 1430. The van der Waals surface area contributed by atoms with E-state index in [-0.39, 0.29) is 0 Å². The number of methoxy groups -OCH3 is 3. The SMILES string of the molecule is COc1cc(CC2=NCCc3c2cc(OC)c(OC)c3OCc2ccccc2)ccc1OCc1ccccc1. The Balaban J connectivity index is 1.40. The van der Waals surface area contributed by atoms with Crippen molar-refractivity contribution in [1.82, 2.24) is 0 Å². The molecule has 0 radical (unpaired) electrons. The molecule has 1 aliphatic heterocycles. The Morgan fingerprint density at radius 2 is 1.28 bits per heavy atom. The lowest BCUT2D eigenvalue weighted by Gasteiger charge is -2.24. The molecule has 1 heterocycles. The van der Waals surface area contributed by atoms with Crippen molar-refractivity contribution in [2.75, 3.05) is 27.9 Å². The van der Waals surface area contributed by atoms with E-state index >= 15 is 0 Å². The minimum Gasteiger partial charge on any atom is -0.493 e. The zero-order valence-corrected chi connectivity index (χ0v) is 22.6. The van der Waals surface area contributed by atoms with E-state index in [0.29, 0.717) is 54.9 Å². The van der Waals surface area contributed by atoms with Crippen LogP contribution in [0.2, 0.25) is 0 Å². The summed E-state index contributed by atoms with van der Waals surface area (Å²) in [5.74, 6) is 3.34. The Labute approximate surface area is 229 Å². The normalized spacial score (nSPS) is 12.2. The highest BCUT2D eigenvalue weighted by Gasteiger charge is 2.26. The second-order valence-electron chi connectivity index (χ2n) is 9.26. The zero-order chi connectivity index (χ0) is 27.0. The van der Waals surface area contributed by atoms with Gasteiger partial charge in [-0.15, -0.1) is 0 Å². The summed E-state index contributed by atoms with van der Waals surface area (Å²) in [6.45, 7) is 1.59. The van der Waals surface area contributed by atoms with Crippen LogP contribution in [0, 0.1) is 0 Å². The van der Waals surface area contributed by atoms with Gasteiger partial charge in [-0.2, -0.15) is 0 Å². The van der Waals surface area contributed by atoms with Gasteiger partial charge in [-0.25, -0.2) is 0 Å². The molecule has 0 aromatic heterocycles. The Morgan fingerprint density at radius 1 is 0.615 bits per heavy atom. The summed E-state index contributed by atoms with van der Waals surface area (Å²) in [6.07, 6.45) is 1.40. The molecular formula is C33H33NO5. The van der Waals surface area contributed by atoms with Crippen LogP contribution in [-0.4, -0.2) is 33.6 Å². The molecule has 0 spiro atoms. The third-order valence-electron chi connectivity index (χ3n) is 6.77. The summed E-state index contributed by atoms with van der Waals surface area (Å²) in [5.41, 5.74) is 6.34. The molecule has 0 atom stereocenters. The second kappa shape index (κ2) is 12.4. The Hall–Kier alpha value is -4.45. The monoisotopic (exact) mass is 523 g/mol. The van der Waals surface area contributed by atoms with E-state index in [1.807, 2.05) is 78.9 Å². The van der Waals surface area contributed by atoms with Crippen LogP contribution in [0.4, 0.5) is 0 Å². The Morgan fingerprint density at radius 3 is 1.92 bits per heavy atom. The van der Waals surface area contributed by atoms with Crippen LogP contribution in [0.3, 0.4) is 0 Å². The first-order valence-corrected chi connectivity index (χ1v) is 13.0. The van der Waals surface area contributed by atoms with Crippen molar-refractivity contribution in [3.63, 3.8) is 0 Å². The van der Waals surface area contributed by atoms with Crippen LogP contribution in [0.1, 0.15) is 27.8 Å². The van der Waals surface area contributed by atoms with Crippen LogP contribution in [0.25, 0.3) is 0 Å². The summed E-state index contributed by atoms with van der Waals surface area (Å²) < 4.78 is 29.6. The van der Waals surface area contributed by atoms with Crippen molar-refractivity contribution in [3.05, 3.63) is 113 Å². The van der Waals surface area contributed by atoms with E-state index in [1.54, 1.807) is 21.3 Å². The van der Waals surface area contributed by atoms with Gasteiger partial charge in [-0.1, -0.05) is 66.7 Å². The lowest BCUT2D eigenvalue weighted by atomic mass is 9.92. The third kappa shape index (κ3) is 6.01.